The second kappa shape index (κ2) is 9.32. The van der Waals surface area contributed by atoms with Crippen molar-refractivity contribution in [1.82, 2.24) is 10.6 Å². The highest BCUT2D eigenvalue weighted by Gasteiger charge is 2.13. The Morgan fingerprint density at radius 3 is 2.20 bits per heavy atom. The summed E-state index contributed by atoms with van der Waals surface area (Å²) in [5.41, 5.74) is 1.91. The molecule has 0 heterocycles. The van der Waals surface area contributed by atoms with Crippen LogP contribution in [0.1, 0.15) is 11.1 Å². The molecule has 2 N–H and O–H groups in total. The molecule has 0 radical (unpaired) electrons. The van der Waals surface area contributed by atoms with Crippen LogP contribution < -0.4 is 20.1 Å². The zero-order valence-corrected chi connectivity index (χ0v) is 14.4. The predicted octanol–water partition coefficient (Wildman–Crippen LogP) is 1.68. The number of rotatable bonds is 7. The first-order valence-corrected chi connectivity index (χ1v) is 7.95. The van der Waals surface area contributed by atoms with Gasteiger partial charge in [-0.3, -0.25) is 9.59 Å². The lowest BCUT2D eigenvalue weighted by atomic mass is 10.1. The zero-order valence-electron chi connectivity index (χ0n) is 14.4. The van der Waals surface area contributed by atoms with Gasteiger partial charge in [0, 0.05) is 13.1 Å². The van der Waals surface area contributed by atoms with E-state index >= 15 is 0 Å². The molecule has 2 amide bonds. The third-order valence-electron chi connectivity index (χ3n) is 3.65. The van der Waals surface area contributed by atoms with Crippen LogP contribution in [0.25, 0.3) is 0 Å². The van der Waals surface area contributed by atoms with Gasteiger partial charge in [0.15, 0.2) is 11.5 Å². The smallest absolute Gasteiger partial charge is 0.309 e. The van der Waals surface area contributed by atoms with E-state index in [4.69, 9.17) is 9.47 Å². The van der Waals surface area contributed by atoms with Crippen molar-refractivity contribution in [2.45, 2.75) is 13.0 Å². The molecule has 2 rings (SSSR count). The summed E-state index contributed by atoms with van der Waals surface area (Å²) in [5.74, 6) is -0.128. The number of benzene rings is 2. The summed E-state index contributed by atoms with van der Waals surface area (Å²) < 4.78 is 10.4. The van der Waals surface area contributed by atoms with Crippen molar-refractivity contribution < 1.29 is 19.1 Å². The number of amides is 2. The molecule has 0 aliphatic heterocycles. The molecule has 2 aromatic rings. The molecule has 0 aliphatic carbocycles. The summed E-state index contributed by atoms with van der Waals surface area (Å²) in [6.07, 6.45) is 0.676. The van der Waals surface area contributed by atoms with Gasteiger partial charge in [-0.2, -0.15) is 0 Å². The van der Waals surface area contributed by atoms with E-state index in [0.717, 1.165) is 11.1 Å². The lowest BCUT2D eigenvalue weighted by Gasteiger charge is -2.10. The van der Waals surface area contributed by atoms with Crippen molar-refractivity contribution in [3.8, 4) is 11.5 Å². The van der Waals surface area contributed by atoms with Crippen molar-refractivity contribution in [3.63, 3.8) is 0 Å². The summed E-state index contributed by atoms with van der Waals surface area (Å²) in [4.78, 5) is 23.7. The van der Waals surface area contributed by atoms with Crippen molar-refractivity contribution in [2.75, 3.05) is 20.8 Å². The van der Waals surface area contributed by atoms with Gasteiger partial charge in [-0.25, -0.2) is 0 Å². The van der Waals surface area contributed by atoms with Crippen LogP contribution in [0.5, 0.6) is 11.5 Å². The van der Waals surface area contributed by atoms with Gasteiger partial charge < -0.3 is 20.1 Å². The van der Waals surface area contributed by atoms with Gasteiger partial charge in [0.25, 0.3) is 0 Å². The average molecular weight is 342 g/mol. The van der Waals surface area contributed by atoms with Crippen LogP contribution in [0.2, 0.25) is 0 Å². The van der Waals surface area contributed by atoms with E-state index in [0.29, 0.717) is 24.5 Å². The maximum Gasteiger partial charge on any atom is 0.309 e. The molecule has 6 heteroatoms. The third-order valence-corrected chi connectivity index (χ3v) is 3.65. The van der Waals surface area contributed by atoms with Crippen LogP contribution in [-0.4, -0.2) is 32.6 Å². The van der Waals surface area contributed by atoms with Crippen LogP contribution in [0.3, 0.4) is 0 Å². The fourth-order valence-corrected chi connectivity index (χ4v) is 2.30. The van der Waals surface area contributed by atoms with Crippen LogP contribution in [0.15, 0.2) is 48.5 Å². The van der Waals surface area contributed by atoms with E-state index in [1.54, 1.807) is 32.4 Å². The van der Waals surface area contributed by atoms with Crippen LogP contribution in [0, 0.1) is 0 Å². The highest BCUT2D eigenvalue weighted by Crippen LogP contribution is 2.27. The molecule has 25 heavy (non-hydrogen) atoms. The average Bonchev–Trinajstić information content (AvgIpc) is 2.66. The Balaban J connectivity index is 1.78. The molecule has 0 saturated heterocycles. The Hall–Kier alpha value is -3.02. The molecule has 0 spiro atoms. The monoisotopic (exact) mass is 342 g/mol. The topological polar surface area (TPSA) is 76.7 Å². The minimum absolute atomic E-state index is 0.227. The van der Waals surface area contributed by atoms with Gasteiger partial charge >= 0.3 is 11.8 Å². The Labute approximate surface area is 147 Å². The number of ether oxygens (including phenoxy) is 2. The fourth-order valence-electron chi connectivity index (χ4n) is 2.30. The lowest BCUT2D eigenvalue weighted by molar-refractivity contribution is -0.139. The van der Waals surface area contributed by atoms with Crippen molar-refractivity contribution in [1.29, 1.82) is 0 Å². The van der Waals surface area contributed by atoms with E-state index in [-0.39, 0.29) is 6.54 Å². The maximum atomic E-state index is 11.9. The second-order valence-corrected chi connectivity index (χ2v) is 5.36. The van der Waals surface area contributed by atoms with Crippen molar-refractivity contribution in [2.24, 2.45) is 0 Å². The SMILES string of the molecule is COc1ccc(CNC(=O)C(=O)NCCc2ccccc2)cc1OC. The Kier molecular flexibility index (Phi) is 6.83. The summed E-state index contributed by atoms with van der Waals surface area (Å²) in [6, 6.07) is 15.1. The second-order valence-electron chi connectivity index (χ2n) is 5.36. The van der Waals surface area contributed by atoms with Crippen LogP contribution >= 0.6 is 0 Å². The quantitative estimate of drug-likeness (QED) is 0.751. The molecular formula is C19H22N2O4. The van der Waals surface area contributed by atoms with Crippen LogP contribution in [0.4, 0.5) is 0 Å². The first-order valence-electron chi connectivity index (χ1n) is 7.95. The molecule has 0 saturated carbocycles. The van der Waals surface area contributed by atoms with Crippen molar-refractivity contribution >= 4 is 11.8 Å². The Morgan fingerprint density at radius 1 is 0.840 bits per heavy atom. The summed E-state index contributed by atoms with van der Waals surface area (Å²) >= 11 is 0. The number of carbonyl (C=O) groups is 2. The van der Waals surface area contributed by atoms with E-state index in [1.165, 1.54) is 0 Å². The minimum Gasteiger partial charge on any atom is -0.493 e. The van der Waals surface area contributed by atoms with Gasteiger partial charge in [-0.05, 0) is 29.7 Å². The molecule has 0 atom stereocenters. The number of hydrogen-bond donors (Lipinski definition) is 2. The summed E-state index contributed by atoms with van der Waals surface area (Å²) in [5, 5.41) is 5.20. The highest BCUT2D eigenvalue weighted by molar-refractivity contribution is 6.35. The maximum absolute atomic E-state index is 11.9. The third kappa shape index (κ3) is 5.53. The summed E-state index contributed by atoms with van der Waals surface area (Å²) in [6.45, 7) is 0.637. The van der Waals surface area contributed by atoms with Crippen LogP contribution in [-0.2, 0) is 22.6 Å². The fraction of sp³-hybridized carbons (Fsp3) is 0.263. The minimum atomic E-state index is -0.664. The molecule has 0 aromatic heterocycles. The Morgan fingerprint density at radius 2 is 1.52 bits per heavy atom. The standard InChI is InChI=1S/C19H22N2O4/c1-24-16-9-8-15(12-17(16)25-2)13-21-19(23)18(22)20-11-10-14-6-4-3-5-7-14/h3-9,12H,10-11,13H2,1-2H3,(H,20,22)(H,21,23). The molecule has 132 valence electrons. The molecule has 0 fully saturated rings. The van der Waals surface area contributed by atoms with E-state index < -0.39 is 11.8 Å². The van der Waals surface area contributed by atoms with Gasteiger partial charge in [-0.15, -0.1) is 0 Å². The molecule has 2 aromatic carbocycles. The number of carbonyl (C=O) groups excluding carboxylic acids is 2. The molecule has 0 unspecified atom stereocenters. The first-order chi connectivity index (χ1) is 12.1. The molecule has 0 aliphatic rings. The molecule has 6 nitrogen and oxygen atoms in total. The first kappa shape index (κ1) is 18.3. The van der Waals surface area contributed by atoms with E-state index in [1.807, 2.05) is 30.3 Å². The van der Waals surface area contributed by atoms with Gasteiger partial charge in [0.05, 0.1) is 14.2 Å². The predicted molar refractivity (Wildman–Crippen MR) is 94.5 cm³/mol. The summed E-state index contributed by atoms with van der Waals surface area (Å²) in [7, 11) is 3.10. The van der Waals surface area contributed by atoms with E-state index in [9.17, 15) is 9.59 Å². The van der Waals surface area contributed by atoms with Gasteiger partial charge in [0.1, 0.15) is 0 Å². The molecule has 0 bridgehead atoms. The highest BCUT2D eigenvalue weighted by atomic mass is 16.5. The van der Waals surface area contributed by atoms with Gasteiger partial charge in [-0.1, -0.05) is 36.4 Å². The number of hydrogen-bond acceptors (Lipinski definition) is 4. The number of methoxy groups -OCH3 is 2. The normalized spacial score (nSPS) is 10.0. The lowest BCUT2D eigenvalue weighted by Crippen LogP contribution is -2.40. The van der Waals surface area contributed by atoms with E-state index in [2.05, 4.69) is 10.6 Å². The van der Waals surface area contributed by atoms with Crippen molar-refractivity contribution in [3.05, 3.63) is 59.7 Å². The largest absolute Gasteiger partial charge is 0.493 e. The Bertz CT molecular complexity index is 717. The van der Waals surface area contributed by atoms with Gasteiger partial charge in [0.2, 0.25) is 0 Å². The zero-order chi connectivity index (χ0) is 18.1. The number of nitrogens with one attached hydrogen (secondary N) is 2. The molecular weight excluding hydrogens is 320 g/mol.